The number of hydrogen-bond acceptors (Lipinski definition) is 4. The minimum absolute atomic E-state index is 0.275. The van der Waals surface area contributed by atoms with E-state index < -0.39 is 0 Å². The van der Waals surface area contributed by atoms with Gasteiger partial charge in [-0.15, -0.1) is 5.10 Å². The number of pyridine rings is 1. The zero-order chi connectivity index (χ0) is 16.9. The second-order valence-electron chi connectivity index (χ2n) is 5.45. The van der Waals surface area contributed by atoms with E-state index in [-0.39, 0.29) is 12.0 Å². The minimum atomic E-state index is -0.279. The minimum Gasteiger partial charge on any atom is -0.492 e. The Bertz CT molecular complexity index is 795. The Morgan fingerprint density at radius 2 is 2.04 bits per heavy atom. The van der Waals surface area contributed by atoms with Gasteiger partial charge in [-0.2, -0.15) is 4.98 Å². The van der Waals surface area contributed by atoms with Crippen molar-refractivity contribution in [3.05, 3.63) is 54.2 Å². The third-order valence-corrected chi connectivity index (χ3v) is 3.52. The fraction of sp³-hybridized carbons (Fsp3) is 0.235. The summed E-state index contributed by atoms with van der Waals surface area (Å²) in [7, 11) is 1.70. The second kappa shape index (κ2) is 6.99. The molecule has 0 bridgehead atoms. The van der Waals surface area contributed by atoms with E-state index in [0.29, 0.717) is 18.8 Å². The SMILES string of the molecule is Cc1ccc(OCCN(C)C(=O)Nc2nc3ccccn3n2)cc1. The number of nitrogens with one attached hydrogen (secondary N) is 1. The molecule has 7 nitrogen and oxygen atoms in total. The molecule has 0 radical (unpaired) electrons. The van der Waals surface area contributed by atoms with Gasteiger partial charge in [0.1, 0.15) is 12.4 Å². The first-order chi connectivity index (χ1) is 11.6. The third kappa shape index (κ3) is 3.81. The predicted octanol–water partition coefficient (Wildman–Crippen LogP) is 2.58. The number of aryl methyl sites for hydroxylation is 1. The molecule has 0 unspecified atom stereocenters. The third-order valence-electron chi connectivity index (χ3n) is 3.52. The van der Waals surface area contributed by atoms with Gasteiger partial charge in [-0.1, -0.05) is 23.8 Å². The van der Waals surface area contributed by atoms with Crippen LogP contribution in [0.2, 0.25) is 0 Å². The fourth-order valence-corrected chi connectivity index (χ4v) is 2.11. The predicted molar refractivity (Wildman–Crippen MR) is 91.3 cm³/mol. The summed E-state index contributed by atoms with van der Waals surface area (Å²) < 4.78 is 7.23. The number of anilines is 1. The summed E-state index contributed by atoms with van der Waals surface area (Å²) in [5.41, 5.74) is 1.86. The molecule has 3 aromatic rings. The Hall–Kier alpha value is -3.09. The number of urea groups is 1. The molecule has 0 aliphatic rings. The average molecular weight is 325 g/mol. The van der Waals surface area contributed by atoms with Crippen molar-refractivity contribution < 1.29 is 9.53 Å². The number of nitrogens with zero attached hydrogens (tertiary/aromatic N) is 4. The molecule has 0 spiro atoms. The zero-order valence-electron chi connectivity index (χ0n) is 13.6. The number of carbonyl (C=O) groups excluding carboxylic acids is 1. The summed E-state index contributed by atoms with van der Waals surface area (Å²) in [5.74, 6) is 1.06. The average Bonchev–Trinajstić information content (AvgIpc) is 2.98. The van der Waals surface area contributed by atoms with Crippen molar-refractivity contribution in [3.8, 4) is 5.75 Å². The number of carbonyl (C=O) groups is 1. The number of ether oxygens (including phenoxy) is 1. The van der Waals surface area contributed by atoms with Gasteiger partial charge in [0.2, 0.25) is 0 Å². The summed E-state index contributed by atoms with van der Waals surface area (Å²) in [6.45, 7) is 2.88. The normalized spacial score (nSPS) is 10.6. The molecule has 24 heavy (non-hydrogen) atoms. The first kappa shape index (κ1) is 15.8. The van der Waals surface area contributed by atoms with Crippen molar-refractivity contribution in [3.63, 3.8) is 0 Å². The fourth-order valence-electron chi connectivity index (χ4n) is 2.11. The summed E-state index contributed by atoms with van der Waals surface area (Å²) in [4.78, 5) is 17.9. The van der Waals surface area contributed by atoms with Crippen LogP contribution in [-0.2, 0) is 0 Å². The van der Waals surface area contributed by atoms with E-state index in [0.717, 1.165) is 5.75 Å². The van der Waals surface area contributed by atoms with Gasteiger partial charge in [0.05, 0.1) is 6.54 Å². The summed E-state index contributed by atoms with van der Waals surface area (Å²) in [6, 6.07) is 13.1. The highest BCUT2D eigenvalue weighted by Gasteiger charge is 2.12. The number of likely N-dealkylation sites (N-methyl/N-ethyl adjacent to an activating group) is 1. The number of fused-ring (bicyclic) bond motifs is 1. The molecule has 1 aromatic carbocycles. The Balaban J connectivity index is 1.50. The molecule has 1 N–H and O–H groups in total. The Morgan fingerprint density at radius 1 is 1.25 bits per heavy atom. The molecular weight excluding hydrogens is 306 g/mol. The monoisotopic (exact) mass is 325 g/mol. The standard InChI is InChI=1S/C17H19N5O2/c1-13-6-8-14(9-7-13)24-12-11-21(2)17(23)19-16-18-15-5-3-4-10-22(15)20-16/h3-10H,11-12H2,1-2H3,(H,19,20,23). The van der Waals surface area contributed by atoms with Crippen LogP contribution in [0.15, 0.2) is 48.7 Å². The highest BCUT2D eigenvalue weighted by atomic mass is 16.5. The molecule has 0 fully saturated rings. The van der Waals surface area contributed by atoms with Crippen LogP contribution in [-0.4, -0.2) is 45.7 Å². The summed E-state index contributed by atoms with van der Waals surface area (Å²) in [5, 5.41) is 6.86. The van der Waals surface area contributed by atoms with Crippen molar-refractivity contribution in [2.24, 2.45) is 0 Å². The molecule has 0 aliphatic carbocycles. The first-order valence-electron chi connectivity index (χ1n) is 7.65. The molecule has 2 aromatic heterocycles. The number of rotatable bonds is 5. The smallest absolute Gasteiger partial charge is 0.324 e. The quantitative estimate of drug-likeness (QED) is 0.782. The highest BCUT2D eigenvalue weighted by molar-refractivity contribution is 5.87. The molecule has 0 saturated carbocycles. The summed E-state index contributed by atoms with van der Waals surface area (Å²) >= 11 is 0. The van der Waals surface area contributed by atoms with E-state index in [1.165, 1.54) is 10.5 Å². The largest absolute Gasteiger partial charge is 0.492 e. The molecule has 124 valence electrons. The van der Waals surface area contributed by atoms with Crippen LogP contribution in [0, 0.1) is 6.92 Å². The van der Waals surface area contributed by atoms with Crippen molar-refractivity contribution in [2.75, 3.05) is 25.5 Å². The van der Waals surface area contributed by atoms with Crippen LogP contribution < -0.4 is 10.1 Å². The first-order valence-corrected chi connectivity index (χ1v) is 7.65. The molecule has 7 heteroatoms. The number of aromatic nitrogens is 3. The van der Waals surface area contributed by atoms with E-state index in [1.54, 1.807) is 17.8 Å². The Kier molecular flexibility index (Phi) is 4.60. The van der Waals surface area contributed by atoms with E-state index in [9.17, 15) is 4.79 Å². The zero-order valence-corrected chi connectivity index (χ0v) is 13.6. The van der Waals surface area contributed by atoms with Gasteiger partial charge in [0.15, 0.2) is 5.65 Å². The summed E-state index contributed by atoms with van der Waals surface area (Å²) in [6.07, 6.45) is 1.77. The molecule has 0 atom stereocenters. The lowest BCUT2D eigenvalue weighted by Crippen LogP contribution is -2.34. The number of hydrogen-bond donors (Lipinski definition) is 1. The van der Waals surface area contributed by atoms with Crippen molar-refractivity contribution >= 4 is 17.6 Å². The molecule has 3 rings (SSSR count). The van der Waals surface area contributed by atoms with E-state index >= 15 is 0 Å². The van der Waals surface area contributed by atoms with Crippen LogP contribution in [0.1, 0.15) is 5.56 Å². The Labute approximate surface area is 139 Å². The van der Waals surface area contributed by atoms with Crippen LogP contribution in [0.25, 0.3) is 5.65 Å². The molecular formula is C17H19N5O2. The van der Waals surface area contributed by atoms with Crippen LogP contribution >= 0.6 is 0 Å². The maximum absolute atomic E-state index is 12.1. The van der Waals surface area contributed by atoms with Gasteiger partial charge < -0.3 is 9.64 Å². The van der Waals surface area contributed by atoms with E-state index in [1.807, 2.05) is 49.4 Å². The van der Waals surface area contributed by atoms with Crippen molar-refractivity contribution in [2.45, 2.75) is 6.92 Å². The van der Waals surface area contributed by atoms with Gasteiger partial charge in [0.25, 0.3) is 5.95 Å². The van der Waals surface area contributed by atoms with E-state index in [2.05, 4.69) is 15.4 Å². The van der Waals surface area contributed by atoms with Gasteiger partial charge in [-0.05, 0) is 31.2 Å². The maximum atomic E-state index is 12.1. The van der Waals surface area contributed by atoms with Gasteiger partial charge in [0, 0.05) is 13.2 Å². The highest BCUT2D eigenvalue weighted by Crippen LogP contribution is 2.11. The lowest BCUT2D eigenvalue weighted by atomic mass is 10.2. The Morgan fingerprint density at radius 3 is 2.79 bits per heavy atom. The maximum Gasteiger partial charge on any atom is 0.324 e. The molecule has 0 aliphatic heterocycles. The van der Waals surface area contributed by atoms with Gasteiger partial charge >= 0.3 is 6.03 Å². The van der Waals surface area contributed by atoms with Crippen LogP contribution in [0.4, 0.5) is 10.7 Å². The molecule has 0 saturated heterocycles. The second-order valence-corrected chi connectivity index (χ2v) is 5.45. The van der Waals surface area contributed by atoms with Crippen LogP contribution in [0.5, 0.6) is 5.75 Å². The van der Waals surface area contributed by atoms with Crippen molar-refractivity contribution in [1.82, 2.24) is 19.5 Å². The van der Waals surface area contributed by atoms with Gasteiger partial charge in [-0.25, -0.2) is 9.31 Å². The van der Waals surface area contributed by atoms with Gasteiger partial charge in [-0.3, -0.25) is 5.32 Å². The number of amides is 2. The molecule has 2 amide bonds. The molecule has 2 heterocycles. The number of benzene rings is 1. The van der Waals surface area contributed by atoms with Crippen LogP contribution in [0.3, 0.4) is 0 Å². The topological polar surface area (TPSA) is 71.8 Å². The van der Waals surface area contributed by atoms with Crippen molar-refractivity contribution in [1.29, 1.82) is 0 Å². The lowest BCUT2D eigenvalue weighted by Gasteiger charge is -2.17. The van der Waals surface area contributed by atoms with E-state index in [4.69, 9.17) is 4.74 Å². The lowest BCUT2D eigenvalue weighted by molar-refractivity contribution is 0.207.